The van der Waals surface area contributed by atoms with Crippen LogP contribution in [0, 0.1) is 0 Å². The summed E-state index contributed by atoms with van der Waals surface area (Å²) in [5, 5.41) is 0. The van der Waals surface area contributed by atoms with Crippen molar-refractivity contribution in [1.29, 1.82) is 0 Å². The Kier molecular flexibility index (Phi) is 4.33. The Morgan fingerprint density at radius 2 is 1.95 bits per heavy atom. The van der Waals surface area contributed by atoms with E-state index in [2.05, 4.69) is 0 Å². The molecule has 110 valence electrons. The molecule has 0 unspecified atom stereocenters. The smallest absolute Gasteiger partial charge is 0.404 e. The third-order valence-corrected chi connectivity index (χ3v) is 4.03. The number of phosphoric ester groups is 1. The molecule has 2 N–H and O–H groups in total. The largest absolute Gasteiger partial charge is 0.524 e. The lowest BCUT2D eigenvalue weighted by Gasteiger charge is -2.23. The molecule has 0 saturated carbocycles. The van der Waals surface area contributed by atoms with E-state index >= 15 is 0 Å². The Morgan fingerprint density at radius 3 is 2.50 bits per heavy atom. The summed E-state index contributed by atoms with van der Waals surface area (Å²) in [5.74, 6) is 0.235. The summed E-state index contributed by atoms with van der Waals surface area (Å²) in [5.41, 5.74) is 2.97. The standard InChI is InChI=1S/C14H19O5P/c1-3-9-8-10-6-5-7-12(15)13(10)11(4-2)14(9)19-20(16,17)18/h8H,3-7H2,1-2H3,(H2,16,17,18). The molecule has 0 fully saturated rings. The average Bonchev–Trinajstić information content (AvgIpc) is 2.37. The molecule has 2 rings (SSSR count). The monoisotopic (exact) mass is 298 g/mol. The molecule has 6 heteroatoms. The molecule has 1 aromatic carbocycles. The summed E-state index contributed by atoms with van der Waals surface area (Å²) < 4.78 is 16.0. The van der Waals surface area contributed by atoms with Crippen molar-refractivity contribution < 1.29 is 23.7 Å². The minimum atomic E-state index is -4.63. The van der Waals surface area contributed by atoms with Gasteiger partial charge in [0.05, 0.1) is 0 Å². The van der Waals surface area contributed by atoms with E-state index in [1.54, 1.807) is 0 Å². The van der Waals surface area contributed by atoms with Crippen LogP contribution in [0.2, 0.25) is 0 Å². The summed E-state index contributed by atoms with van der Waals surface area (Å²) in [4.78, 5) is 30.3. The first kappa shape index (κ1) is 15.2. The molecule has 0 aromatic heterocycles. The maximum Gasteiger partial charge on any atom is 0.524 e. The van der Waals surface area contributed by atoms with Crippen LogP contribution in [0.5, 0.6) is 5.75 Å². The Bertz CT molecular complexity index is 588. The zero-order chi connectivity index (χ0) is 14.9. The van der Waals surface area contributed by atoms with Crippen LogP contribution in [0.4, 0.5) is 0 Å². The van der Waals surface area contributed by atoms with Gasteiger partial charge in [0, 0.05) is 17.5 Å². The summed E-state index contributed by atoms with van der Waals surface area (Å²) in [7, 11) is -4.63. The third-order valence-electron chi connectivity index (χ3n) is 3.61. The molecule has 0 atom stereocenters. The van der Waals surface area contributed by atoms with Crippen LogP contribution in [0.25, 0.3) is 0 Å². The topological polar surface area (TPSA) is 83.8 Å². The van der Waals surface area contributed by atoms with E-state index < -0.39 is 7.82 Å². The number of carbonyl (C=O) groups excluding carboxylic acids is 1. The Balaban J connectivity index is 2.68. The van der Waals surface area contributed by atoms with Crippen molar-refractivity contribution in [3.8, 4) is 5.75 Å². The zero-order valence-corrected chi connectivity index (χ0v) is 12.6. The van der Waals surface area contributed by atoms with Gasteiger partial charge in [-0.3, -0.25) is 14.6 Å². The maximum atomic E-state index is 12.1. The summed E-state index contributed by atoms with van der Waals surface area (Å²) in [6, 6.07) is 1.86. The van der Waals surface area contributed by atoms with Gasteiger partial charge in [-0.05, 0) is 36.8 Å². The van der Waals surface area contributed by atoms with Gasteiger partial charge in [0.2, 0.25) is 0 Å². The normalized spacial score (nSPS) is 15.1. The number of hydrogen-bond donors (Lipinski definition) is 2. The van der Waals surface area contributed by atoms with E-state index in [0.29, 0.717) is 30.4 Å². The van der Waals surface area contributed by atoms with Crippen molar-refractivity contribution in [3.63, 3.8) is 0 Å². The van der Waals surface area contributed by atoms with Crippen LogP contribution in [-0.4, -0.2) is 15.6 Å². The number of aryl methyl sites for hydroxylation is 2. The van der Waals surface area contributed by atoms with Gasteiger partial charge in [-0.1, -0.05) is 19.9 Å². The third kappa shape index (κ3) is 2.95. The van der Waals surface area contributed by atoms with E-state index in [9.17, 15) is 9.36 Å². The minimum Gasteiger partial charge on any atom is -0.404 e. The highest BCUT2D eigenvalue weighted by atomic mass is 31.2. The van der Waals surface area contributed by atoms with E-state index in [-0.39, 0.29) is 11.5 Å². The molecule has 1 aliphatic carbocycles. The van der Waals surface area contributed by atoms with E-state index in [0.717, 1.165) is 24.0 Å². The average molecular weight is 298 g/mol. The van der Waals surface area contributed by atoms with Gasteiger partial charge in [-0.2, -0.15) is 0 Å². The SMILES string of the molecule is CCc1cc2c(c(CC)c1OP(=O)(O)O)C(=O)CCC2. The Labute approximate surface area is 118 Å². The van der Waals surface area contributed by atoms with Crippen molar-refractivity contribution in [2.24, 2.45) is 0 Å². The second-order valence-corrected chi connectivity index (χ2v) is 6.11. The first-order chi connectivity index (χ1) is 9.37. The van der Waals surface area contributed by atoms with Crippen LogP contribution < -0.4 is 4.52 Å². The van der Waals surface area contributed by atoms with Crippen molar-refractivity contribution in [1.82, 2.24) is 0 Å². The number of rotatable bonds is 4. The van der Waals surface area contributed by atoms with Crippen LogP contribution in [-0.2, 0) is 23.8 Å². The lowest BCUT2D eigenvalue weighted by molar-refractivity contribution is 0.0971. The quantitative estimate of drug-likeness (QED) is 0.835. The molecular formula is C14H19O5P. The number of hydrogen-bond acceptors (Lipinski definition) is 3. The highest BCUT2D eigenvalue weighted by Crippen LogP contribution is 2.44. The van der Waals surface area contributed by atoms with E-state index in [1.807, 2.05) is 19.9 Å². The molecule has 0 heterocycles. The van der Waals surface area contributed by atoms with Crippen molar-refractivity contribution >= 4 is 13.6 Å². The first-order valence-corrected chi connectivity index (χ1v) is 8.36. The lowest BCUT2D eigenvalue weighted by Crippen LogP contribution is -2.16. The van der Waals surface area contributed by atoms with Gasteiger partial charge < -0.3 is 4.52 Å². The molecule has 0 amide bonds. The minimum absolute atomic E-state index is 0.0429. The van der Waals surface area contributed by atoms with Gasteiger partial charge in [0.15, 0.2) is 5.78 Å². The summed E-state index contributed by atoms with van der Waals surface area (Å²) in [6.07, 6.45) is 3.26. The van der Waals surface area contributed by atoms with Crippen LogP contribution in [0.15, 0.2) is 6.07 Å². The van der Waals surface area contributed by atoms with E-state index in [4.69, 9.17) is 14.3 Å². The molecule has 0 aliphatic heterocycles. The number of fused-ring (bicyclic) bond motifs is 1. The molecule has 5 nitrogen and oxygen atoms in total. The molecule has 1 aliphatic rings. The van der Waals surface area contributed by atoms with Crippen molar-refractivity contribution in [2.75, 3.05) is 0 Å². The molecule has 1 aromatic rings. The van der Waals surface area contributed by atoms with Crippen molar-refractivity contribution in [3.05, 3.63) is 28.3 Å². The van der Waals surface area contributed by atoms with Crippen molar-refractivity contribution in [2.45, 2.75) is 46.0 Å². The van der Waals surface area contributed by atoms with E-state index in [1.165, 1.54) is 0 Å². The Hall–Kier alpha value is -1.16. The number of Topliss-reactive ketones (excluding diaryl/α,β-unsaturated/α-hetero) is 1. The highest BCUT2D eigenvalue weighted by Gasteiger charge is 2.28. The second-order valence-electron chi connectivity index (χ2n) is 4.94. The molecular weight excluding hydrogens is 279 g/mol. The Morgan fingerprint density at radius 1 is 1.25 bits per heavy atom. The molecule has 0 saturated heterocycles. The molecule has 0 radical (unpaired) electrons. The zero-order valence-electron chi connectivity index (χ0n) is 11.7. The fourth-order valence-corrected chi connectivity index (χ4v) is 3.26. The predicted octanol–water partition coefficient (Wildman–Crippen LogP) is 2.80. The summed E-state index contributed by atoms with van der Waals surface area (Å²) >= 11 is 0. The van der Waals surface area contributed by atoms with Gasteiger partial charge in [-0.15, -0.1) is 0 Å². The van der Waals surface area contributed by atoms with Gasteiger partial charge in [0.25, 0.3) is 0 Å². The fourth-order valence-electron chi connectivity index (χ4n) is 2.79. The van der Waals surface area contributed by atoms with Crippen LogP contribution in [0.1, 0.15) is 53.7 Å². The number of ketones is 1. The van der Waals surface area contributed by atoms with Gasteiger partial charge in [0.1, 0.15) is 5.75 Å². The number of phosphoric acid groups is 1. The van der Waals surface area contributed by atoms with Gasteiger partial charge >= 0.3 is 7.82 Å². The highest BCUT2D eigenvalue weighted by molar-refractivity contribution is 7.46. The second kappa shape index (κ2) is 5.68. The number of carbonyl (C=O) groups is 1. The molecule has 0 bridgehead atoms. The lowest BCUT2D eigenvalue weighted by atomic mass is 9.84. The van der Waals surface area contributed by atoms with Crippen LogP contribution in [0.3, 0.4) is 0 Å². The van der Waals surface area contributed by atoms with Gasteiger partial charge in [-0.25, -0.2) is 4.57 Å². The maximum absolute atomic E-state index is 12.1. The predicted molar refractivity (Wildman–Crippen MR) is 75.1 cm³/mol. The summed E-state index contributed by atoms with van der Waals surface area (Å²) in [6.45, 7) is 3.77. The molecule has 20 heavy (non-hydrogen) atoms. The van der Waals surface area contributed by atoms with Crippen LogP contribution >= 0.6 is 7.82 Å². The fraction of sp³-hybridized carbons (Fsp3) is 0.500. The first-order valence-electron chi connectivity index (χ1n) is 6.83. The molecule has 0 spiro atoms. The number of benzene rings is 1.